The Morgan fingerprint density at radius 3 is 2.61 bits per heavy atom. The van der Waals surface area contributed by atoms with Gasteiger partial charge in [0, 0.05) is 5.56 Å². The molecule has 0 saturated heterocycles. The molecule has 0 aliphatic carbocycles. The van der Waals surface area contributed by atoms with Crippen LogP contribution >= 0.6 is 0 Å². The summed E-state index contributed by atoms with van der Waals surface area (Å²) in [5.74, 6) is 0.427. The maximum Gasteiger partial charge on any atom is 0.416 e. The van der Waals surface area contributed by atoms with Crippen molar-refractivity contribution in [2.75, 3.05) is 6.73 Å². The quantitative estimate of drug-likeness (QED) is 0.458. The Kier molecular flexibility index (Phi) is 6.89. The first-order valence-corrected chi connectivity index (χ1v) is 8.11. The van der Waals surface area contributed by atoms with Crippen LogP contribution in [0.15, 0.2) is 49.0 Å². The van der Waals surface area contributed by atoms with Crippen molar-refractivity contribution in [1.29, 1.82) is 0 Å². The second-order valence-electron chi connectivity index (χ2n) is 5.78. The van der Waals surface area contributed by atoms with Gasteiger partial charge in [-0.2, -0.15) is 13.2 Å². The molecule has 3 N–H and O–H groups in total. The number of aryl methyl sites for hydroxylation is 1. The van der Waals surface area contributed by atoms with E-state index in [0.717, 1.165) is 11.6 Å². The molecule has 0 spiro atoms. The van der Waals surface area contributed by atoms with Crippen LogP contribution in [0.25, 0.3) is 5.70 Å². The van der Waals surface area contributed by atoms with E-state index in [1.54, 1.807) is 25.1 Å². The normalized spacial score (nSPS) is 11.0. The smallest absolute Gasteiger partial charge is 0.416 e. The summed E-state index contributed by atoms with van der Waals surface area (Å²) in [4.78, 5) is 15.6. The maximum atomic E-state index is 13.0. The molecule has 0 unspecified atom stereocenters. The molecule has 2 rings (SSSR count). The highest BCUT2D eigenvalue weighted by Crippen LogP contribution is 2.32. The summed E-state index contributed by atoms with van der Waals surface area (Å²) in [6, 6.07) is 10.2. The number of carboxylic acid groups (broad SMARTS) is 1. The van der Waals surface area contributed by atoms with Crippen molar-refractivity contribution in [2.45, 2.75) is 19.7 Å². The summed E-state index contributed by atoms with van der Waals surface area (Å²) >= 11 is 0. The standard InChI is InChI=1S/C19H19F3N2O4/c1-12-7-8-14(9-17(12)27-11-23-18(25)26)13(2)24-28-10-15-5-3-4-6-16(15)19(20,21)22/h3-9,23-24H,2,10-11H2,1H3,(H,25,26). The zero-order valence-electron chi connectivity index (χ0n) is 15.0. The van der Waals surface area contributed by atoms with Crippen molar-refractivity contribution >= 4 is 11.8 Å². The van der Waals surface area contributed by atoms with Gasteiger partial charge in [-0.15, -0.1) is 0 Å². The van der Waals surface area contributed by atoms with Crippen molar-refractivity contribution < 1.29 is 32.6 Å². The third-order valence-electron chi connectivity index (χ3n) is 3.73. The van der Waals surface area contributed by atoms with Crippen molar-refractivity contribution in [2.24, 2.45) is 0 Å². The molecule has 2 aromatic rings. The van der Waals surface area contributed by atoms with Crippen LogP contribution in [0.5, 0.6) is 5.75 Å². The second kappa shape index (κ2) is 9.14. The largest absolute Gasteiger partial charge is 0.473 e. The van der Waals surface area contributed by atoms with Crippen LogP contribution in [0, 0.1) is 6.92 Å². The topological polar surface area (TPSA) is 79.8 Å². The van der Waals surface area contributed by atoms with E-state index >= 15 is 0 Å². The Bertz CT molecular complexity index is 853. The number of nitrogens with one attached hydrogen (secondary N) is 2. The van der Waals surface area contributed by atoms with Crippen LogP contribution in [0.2, 0.25) is 0 Å². The molecule has 0 aliphatic heterocycles. The zero-order chi connectivity index (χ0) is 20.7. The van der Waals surface area contributed by atoms with Gasteiger partial charge < -0.3 is 9.84 Å². The van der Waals surface area contributed by atoms with Gasteiger partial charge in [-0.1, -0.05) is 36.9 Å². The maximum absolute atomic E-state index is 13.0. The van der Waals surface area contributed by atoms with Gasteiger partial charge in [0.2, 0.25) is 0 Å². The SMILES string of the molecule is C=C(NOCc1ccccc1C(F)(F)F)c1ccc(C)c(OCNC(=O)O)c1. The van der Waals surface area contributed by atoms with E-state index in [2.05, 4.69) is 17.4 Å². The van der Waals surface area contributed by atoms with Gasteiger partial charge in [0.1, 0.15) is 12.4 Å². The van der Waals surface area contributed by atoms with E-state index in [0.29, 0.717) is 17.0 Å². The second-order valence-corrected chi connectivity index (χ2v) is 5.78. The van der Waals surface area contributed by atoms with Crippen molar-refractivity contribution in [3.8, 4) is 5.75 Å². The average Bonchev–Trinajstić information content (AvgIpc) is 2.62. The first-order valence-electron chi connectivity index (χ1n) is 8.11. The van der Waals surface area contributed by atoms with Gasteiger partial charge in [0.15, 0.2) is 6.73 Å². The van der Waals surface area contributed by atoms with Crippen LogP contribution in [0.4, 0.5) is 18.0 Å². The fraction of sp³-hybridized carbons (Fsp3) is 0.211. The molecule has 0 aromatic heterocycles. The van der Waals surface area contributed by atoms with E-state index in [9.17, 15) is 18.0 Å². The lowest BCUT2D eigenvalue weighted by Crippen LogP contribution is -2.25. The number of carbonyl (C=O) groups is 1. The Morgan fingerprint density at radius 1 is 1.21 bits per heavy atom. The number of ether oxygens (including phenoxy) is 1. The number of hydroxylamine groups is 1. The molecule has 9 heteroatoms. The first kappa shape index (κ1) is 21.1. The Morgan fingerprint density at radius 2 is 1.93 bits per heavy atom. The van der Waals surface area contributed by atoms with E-state index < -0.39 is 17.8 Å². The minimum Gasteiger partial charge on any atom is -0.473 e. The van der Waals surface area contributed by atoms with Crippen molar-refractivity contribution in [3.05, 3.63) is 71.3 Å². The molecule has 0 heterocycles. The fourth-order valence-electron chi connectivity index (χ4n) is 2.30. The Hall–Kier alpha value is -3.20. The molecule has 2 aromatic carbocycles. The van der Waals surface area contributed by atoms with Gasteiger partial charge in [-0.05, 0) is 30.2 Å². The number of hydrogen-bond donors (Lipinski definition) is 3. The fourth-order valence-corrected chi connectivity index (χ4v) is 2.30. The minimum atomic E-state index is -4.47. The molecule has 0 aliphatic rings. The third kappa shape index (κ3) is 5.92. The van der Waals surface area contributed by atoms with Gasteiger partial charge >= 0.3 is 12.3 Å². The summed E-state index contributed by atoms with van der Waals surface area (Å²) in [6.07, 6.45) is -5.68. The van der Waals surface area contributed by atoms with Gasteiger partial charge in [0.05, 0.1) is 11.3 Å². The van der Waals surface area contributed by atoms with Crippen LogP contribution in [-0.2, 0) is 17.6 Å². The molecule has 28 heavy (non-hydrogen) atoms. The summed E-state index contributed by atoms with van der Waals surface area (Å²) in [7, 11) is 0. The van der Waals surface area contributed by atoms with Crippen LogP contribution in [0.1, 0.15) is 22.3 Å². The predicted molar refractivity (Wildman–Crippen MR) is 96.2 cm³/mol. The predicted octanol–water partition coefficient (Wildman–Crippen LogP) is 4.31. The summed E-state index contributed by atoms with van der Waals surface area (Å²) < 4.78 is 44.3. The first-order chi connectivity index (χ1) is 13.2. The van der Waals surface area contributed by atoms with E-state index in [1.165, 1.54) is 18.2 Å². The average molecular weight is 396 g/mol. The third-order valence-corrected chi connectivity index (χ3v) is 3.73. The lowest BCUT2D eigenvalue weighted by Gasteiger charge is -2.15. The van der Waals surface area contributed by atoms with Crippen molar-refractivity contribution in [1.82, 2.24) is 10.8 Å². The van der Waals surface area contributed by atoms with Gasteiger partial charge in [-0.25, -0.2) is 4.79 Å². The van der Waals surface area contributed by atoms with Crippen LogP contribution in [-0.4, -0.2) is 17.9 Å². The highest BCUT2D eigenvalue weighted by Gasteiger charge is 2.32. The zero-order valence-corrected chi connectivity index (χ0v) is 15.0. The number of halogens is 3. The molecule has 150 valence electrons. The van der Waals surface area contributed by atoms with E-state index in [1.807, 2.05) is 0 Å². The number of rotatable bonds is 8. The number of benzene rings is 2. The lowest BCUT2D eigenvalue weighted by atomic mass is 10.1. The molecule has 0 bridgehead atoms. The van der Waals surface area contributed by atoms with Crippen LogP contribution in [0.3, 0.4) is 0 Å². The minimum absolute atomic E-state index is 0.0111. The number of amides is 1. The molecular weight excluding hydrogens is 377 g/mol. The molecule has 0 radical (unpaired) electrons. The van der Waals surface area contributed by atoms with Crippen LogP contribution < -0.4 is 15.5 Å². The molecule has 0 saturated carbocycles. The highest BCUT2D eigenvalue weighted by molar-refractivity contribution is 5.64. The lowest BCUT2D eigenvalue weighted by molar-refractivity contribution is -0.139. The monoisotopic (exact) mass is 396 g/mol. The van der Waals surface area contributed by atoms with E-state index in [-0.39, 0.29) is 18.9 Å². The van der Waals surface area contributed by atoms with Crippen molar-refractivity contribution in [3.63, 3.8) is 0 Å². The summed E-state index contributed by atoms with van der Waals surface area (Å²) in [6.45, 7) is 5.02. The summed E-state index contributed by atoms with van der Waals surface area (Å²) in [5, 5.41) is 10.6. The number of hydrogen-bond acceptors (Lipinski definition) is 4. The molecule has 1 amide bonds. The molecule has 0 fully saturated rings. The highest BCUT2D eigenvalue weighted by atomic mass is 19.4. The molecular formula is C19H19F3N2O4. The molecule has 6 nitrogen and oxygen atoms in total. The van der Waals surface area contributed by atoms with Gasteiger partial charge in [-0.3, -0.25) is 15.6 Å². The Balaban J connectivity index is 1.98. The van der Waals surface area contributed by atoms with E-state index in [4.69, 9.17) is 14.7 Å². The molecule has 0 atom stereocenters. The summed E-state index contributed by atoms with van der Waals surface area (Å²) in [5.41, 5.74) is 3.39. The van der Waals surface area contributed by atoms with Gasteiger partial charge in [0.25, 0.3) is 0 Å². The Labute approximate surface area is 159 Å². The number of alkyl halides is 3.